The monoisotopic (exact) mass is 559 g/mol. The number of pyridine rings is 1. The van der Waals surface area contributed by atoms with Gasteiger partial charge in [0.15, 0.2) is 0 Å². The maximum atomic E-state index is 15.2. The average molecular weight is 560 g/mol. The summed E-state index contributed by atoms with van der Waals surface area (Å²) in [4.78, 5) is 17.4. The summed E-state index contributed by atoms with van der Waals surface area (Å²) >= 11 is 0. The van der Waals surface area contributed by atoms with Gasteiger partial charge in [-0.25, -0.2) is 4.79 Å². The van der Waals surface area contributed by atoms with Crippen molar-refractivity contribution in [1.29, 1.82) is 0 Å². The molecular formula is C31H46NO6P. The Morgan fingerprint density at radius 3 is 1.97 bits per heavy atom. The minimum atomic E-state index is -4.06. The molecule has 8 heteroatoms. The molecule has 0 amide bonds. The Balaban J connectivity index is 1.72. The molecule has 0 spiro atoms. The summed E-state index contributed by atoms with van der Waals surface area (Å²) in [6.07, 6.45) is 9.91. The molecule has 2 fully saturated rings. The van der Waals surface area contributed by atoms with Gasteiger partial charge in [-0.15, -0.1) is 0 Å². The van der Waals surface area contributed by atoms with Gasteiger partial charge in [-0.3, -0.25) is 9.55 Å². The smallest absolute Gasteiger partial charge is 0.376 e. The number of nitrogens with zero attached hydrogens (tertiary/aromatic N) is 1. The van der Waals surface area contributed by atoms with Crippen molar-refractivity contribution in [2.24, 2.45) is 35.5 Å². The molecular weight excluding hydrogens is 513 g/mol. The molecule has 7 nitrogen and oxygen atoms in total. The first-order valence-electron chi connectivity index (χ1n) is 14.7. The molecule has 0 aliphatic heterocycles. The fourth-order valence-electron chi connectivity index (χ4n) is 6.03. The fraction of sp³-hybridized carbons (Fsp3) is 0.677. The van der Waals surface area contributed by atoms with Crippen LogP contribution < -0.4 is 0 Å². The lowest BCUT2D eigenvalue weighted by Gasteiger charge is -2.42. The van der Waals surface area contributed by atoms with Crippen LogP contribution in [-0.4, -0.2) is 23.2 Å². The van der Waals surface area contributed by atoms with Crippen molar-refractivity contribution < 1.29 is 27.6 Å². The van der Waals surface area contributed by atoms with Gasteiger partial charge in [0, 0.05) is 18.0 Å². The lowest BCUT2D eigenvalue weighted by Crippen LogP contribution is -2.35. The molecule has 39 heavy (non-hydrogen) atoms. The van der Waals surface area contributed by atoms with Gasteiger partial charge < -0.3 is 18.2 Å². The molecule has 0 radical (unpaired) electrons. The molecule has 2 heterocycles. The molecule has 216 valence electrons. The first kappa shape index (κ1) is 30.0. The topological polar surface area (TPSA) is 87.9 Å². The molecule has 2 aromatic heterocycles. The molecule has 0 saturated heterocycles. The van der Waals surface area contributed by atoms with Gasteiger partial charge in [0.25, 0.3) is 0 Å². The first-order chi connectivity index (χ1) is 18.6. The van der Waals surface area contributed by atoms with Crippen LogP contribution in [0.15, 0.2) is 47.3 Å². The summed E-state index contributed by atoms with van der Waals surface area (Å²) in [5.41, 5.74) is 0.480. The average Bonchev–Trinajstić information content (AvgIpc) is 3.45. The largest absolute Gasteiger partial charge is 0.457 e. The van der Waals surface area contributed by atoms with Gasteiger partial charge in [0.05, 0.1) is 18.5 Å². The lowest BCUT2D eigenvalue weighted by atomic mass is 9.76. The van der Waals surface area contributed by atoms with E-state index in [2.05, 4.69) is 46.5 Å². The van der Waals surface area contributed by atoms with Gasteiger partial charge in [-0.1, -0.05) is 47.6 Å². The van der Waals surface area contributed by atoms with Crippen LogP contribution in [0.25, 0.3) is 0 Å². The van der Waals surface area contributed by atoms with Crippen molar-refractivity contribution in [2.45, 2.75) is 98.1 Å². The van der Waals surface area contributed by atoms with Gasteiger partial charge in [0.2, 0.25) is 11.6 Å². The maximum Gasteiger partial charge on any atom is 0.376 e. The quantitative estimate of drug-likeness (QED) is 0.212. The third-order valence-electron chi connectivity index (χ3n) is 8.97. The van der Waals surface area contributed by atoms with Crippen LogP contribution in [0.1, 0.15) is 102 Å². The van der Waals surface area contributed by atoms with Gasteiger partial charge in [-0.05, 0) is 92.2 Å². The van der Waals surface area contributed by atoms with E-state index in [1.807, 2.05) is 0 Å². The van der Waals surface area contributed by atoms with Crippen molar-refractivity contribution in [3.8, 4) is 0 Å². The standard InChI is InChI=1S/C31H46NO6P/c1-20(2)24-13-11-22(5)28(17-24)37-39(34,38-29-18-25(21(3)4)14-12-23(29)6)31(26-9-7-15-32-19-26)36-30(33)27-10-8-16-35-27/h7-10,15-16,19-25,28-29,31H,11-14,17-18H2,1-6H3/t22-,23+,24-,25-,28-,29-,31-,39?/m1/s1. The van der Waals surface area contributed by atoms with Crippen LogP contribution in [0.5, 0.6) is 0 Å². The molecule has 0 bridgehead atoms. The summed E-state index contributed by atoms with van der Waals surface area (Å²) in [5.74, 6) is 0.421. The number of rotatable bonds is 10. The van der Waals surface area contributed by atoms with E-state index in [0.717, 1.165) is 38.5 Å². The minimum Gasteiger partial charge on any atom is -0.457 e. The van der Waals surface area contributed by atoms with E-state index >= 15 is 4.57 Å². The Bertz CT molecular complexity index is 1050. The molecule has 0 N–H and O–H groups in total. The molecule has 2 aliphatic rings. The number of esters is 1. The van der Waals surface area contributed by atoms with E-state index in [4.69, 9.17) is 18.2 Å². The Morgan fingerprint density at radius 2 is 1.51 bits per heavy atom. The lowest BCUT2D eigenvalue weighted by molar-refractivity contribution is -0.0117. The van der Waals surface area contributed by atoms with Crippen LogP contribution in [-0.2, 0) is 18.3 Å². The number of carbonyl (C=O) groups excluding carboxylic acids is 1. The second-order valence-corrected chi connectivity index (χ2v) is 14.4. The molecule has 1 unspecified atom stereocenters. The van der Waals surface area contributed by atoms with E-state index < -0.39 is 19.4 Å². The van der Waals surface area contributed by atoms with Crippen molar-refractivity contribution in [1.82, 2.24) is 4.98 Å². The number of hydrogen-bond acceptors (Lipinski definition) is 7. The second-order valence-electron chi connectivity index (χ2n) is 12.4. The number of aromatic nitrogens is 1. The SMILES string of the molecule is CC(C)[C@@H]1CC[C@@H](C)[C@H](OP(=O)(O[C@@H]2C[C@H](C(C)C)CC[C@@H]2C)[C@@H](OC(=O)c2ccco2)c2cccnc2)C1. The molecule has 2 aromatic rings. The van der Waals surface area contributed by atoms with Crippen molar-refractivity contribution in [3.63, 3.8) is 0 Å². The molecule has 4 rings (SSSR count). The highest BCUT2D eigenvalue weighted by molar-refractivity contribution is 7.54. The Hall–Kier alpha value is -1.95. The highest BCUT2D eigenvalue weighted by atomic mass is 31.2. The molecule has 2 saturated carbocycles. The predicted octanol–water partition coefficient (Wildman–Crippen LogP) is 8.68. The zero-order chi connectivity index (χ0) is 28.2. The molecule has 2 aliphatic carbocycles. The minimum absolute atomic E-state index is 0.0345. The third kappa shape index (κ3) is 7.42. The number of carbonyl (C=O) groups is 1. The normalized spacial score (nSPS) is 30.2. The number of furan rings is 1. The van der Waals surface area contributed by atoms with E-state index in [1.54, 1.807) is 30.6 Å². The summed E-state index contributed by atoms with van der Waals surface area (Å²) in [7, 11) is -4.06. The van der Waals surface area contributed by atoms with Crippen LogP contribution >= 0.6 is 7.60 Å². The summed E-state index contributed by atoms with van der Waals surface area (Å²) in [5, 5.41) is 0. The van der Waals surface area contributed by atoms with Crippen molar-refractivity contribution in [2.75, 3.05) is 0 Å². The van der Waals surface area contributed by atoms with E-state index in [0.29, 0.717) is 29.2 Å². The molecule has 8 atom stereocenters. The summed E-state index contributed by atoms with van der Waals surface area (Å²) in [6, 6.07) is 6.65. The Morgan fingerprint density at radius 1 is 0.923 bits per heavy atom. The second kappa shape index (κ2) is 13.1. The molecule has 0 aromatic carbocycles. The fourth-order valence-corrected chi connectivity index (χ4v) is 8.39. The first-order valence-corrected chi connectivity index (χ1v) is 16.3. The highest BCUT2D eigenvalue weighted by Crippen LogP contribution is 2.65. The van der Waals surface area contributed by atoms with Gasteiger partial charge in [0.1, 0.15) is 0 Å². The van der Waals surface area contributed by atoms with Gasteiger partial charge >= 0.3 is 13.6 Å². The van der Waals surface area contributed by atoms with E-state index in [9.17, 15) is 4.79 Å². The van der Waals surface area contributed by atoms with E-state index in [1.165, 1.54) is 12.3 Å². The number of ether oxygens (including phenoxy) is 1. The van der Waals surface area contributed by atoms with E-state index in [-0.39, 0.29) is 29.8 Å². The van der Waals surface area contributed by atoms with Crippen LogP contribution in [0.3, 0.4) is 0 Å². The van der Waals surface area contributed by atoms with Crippen molar-refractivity contribution in [3.05, 3.63) is 54.2 Å². The predicted molar refractivity (Wildman–Crippen MR) is 151 cm³/mol. The van der Waals surface area contributed by atoms with Crippen LogP contribution in [0, 0.1) is 35.5 Å². The zero-order valence-electron chi connectivity index (χ0n) is 24.3. The Kier molecular flexibility index (Phi) is 10.1. The highest BCUT2D eigenvalue weighted by Gasteiger charge is 2.48. The summed E-state index contributed by atoms with van der Waals surface area (Å²) < 4.78 is 39.8. The van der Waals surface area contributed by atoms with Crippen LogP contribution in [0.2, 0.25) is 0 Å². The third-order valence-corrected chi connectivity index (χ3v) is 11.1. The zero-order valence-corrected chi connectivity index (χ0v) is 25.2. The Labute approximate surface area is 233 Å². The number of hydrogen-bond donors (Lipinski definition) is 0. The van der Waals surface area contributed by atoms with Crippen LogP contribution in [0.4, 0.5) is 0 Å². The van der Waals surface area contributed by atoms with Crippen molar-refractivity contribution >= 4 is 13.6 Å². The summed E-state index contributed by atoms with van der Waals surface area (Å²) in [6.45, 7) is 13.2. The maximum absolute atomic E-state index is 15.2. The van der Waals surface area contributed by atoms with Gasteiger partial charge in [-0.2, -0.15) is 0 Å².